The smallest absolute Gasteiger partial charge is 0.256 e. The molecule has 0 aromatic heterocycles. The Labute approximate surface area is 124 Å². The second-order valence-electron chi connectivity index (χ2n) is 4.86. The molecule has 1 saturated heterocycles. The minimum absolute atomic E-state index is 0.0226. The Kier molecular flexibility index (Phi) is 5.23. The van der Waals surface area contributed by atoms with E-state index in [1.54, 1.807) is 25.3 Å². The van der Waals surface area contributed by atoms with Crippen molar-refractivity contribution in [3.8, 4) is 0 Å². The van der Waals surface area contributed by atoms with E-state index in [1.807, 2.05) is 4.90 Å². The fourth-order valence-corrected chi connectivity index (χ4v) is 2.47. The van der Waals surface area contributed by atoms with Gasteiger partial charge in [-0.05, 0) is 18.2 Å². The van der Waals surface area contributed by atoms with Crippen molar-refractivity contribution in [2.45, 2.75) is 0 Å². The number of halogens is 1. The van der Waals surface area contributed by atoms with Gasteiger partial charge in [0.2, 0.25) is 0 Å². The van der Waals surface area contributed by atoms with Crippen LogP contribution in [0, 0.1) is 0 Å². The Morgan fingerprint density at radius 1 is 1.35 bits per heavy atom. The minimum Gasteiger partial charge on any atom is -0.398 e. The van der Waals surface area contributed by atoms with Gasteiger partial charge in [0.25, 0.3) is 5.91 Å². The Morgan fingerprint density at radius 3 is 2.65 bits per heavy atom. The summed E-state index contributed by atoms with van der Waals surface area (Å²) >= 11 is 5.85. The molecular formula is C14H20ClN3O2. The molecule has 1 fully saturated rings. The molecule has 1 aromatic carbocycles. The lowest BCUT2D eigenvalue weighted by Gasteiger charge is -2.34. The summed E-state index contributed by atoms with van der Waals surface area (Å²) in [6.45, 7) is 4.78. The first-order chi connectivity index (χ1) is 9.61. The van der Waals surface area contributed by atoms with Gasteiger partial charge < -0.3 is 15.4 Å². The fraction of sp³-hybridized carbons (Fsp3) is 0.500. The number of hydrogen-bond donors (Lipinski definition) is 1. The molecule has 1 heterocycles. The van der Waals surface area contributed by atoms with E-state index in [9.17, 15) is 4.79 Å². The maximum atomic E-state index is 12.4. The van der Waals surface area contributed by atoms with Gasteiger partial charge in [-0.3, -0.25) is 9.69 Å². The van der Waals surface area contributed by atoms with E-state index in [0.717, 1.165) is 26.2 Å². The van der Waals surface area contributed by atoms with Gasteiger partial charge in [-0.15, -0.1) is 0 Å². The van der Waals surface area contributed by atoms with Gasteiger partial charge in [0, 0.05) is 50.5 Å². The third-order valence-corrected chi connectivity index (χ3v) is 3.75. The molecule has 0 spiro atoms. The highest BCUT2D eigenvalue weighted by molar-refractivity contribution is 6.31. The molecular weight excluding hydrogens is 278 g/mol. The summed E-state index contributed by atoms with van der Waals surface area (Å²) in [6.07, 6.45) is 0. The van der Waals surface area contributed by atoms with Crippen molar-refractivity contribution in [2.24, 2.45) is 0 Å². The summed E-state index contributed by atoms with van der Waals surface area (Å²) in [4.78, 5) is 16.5. The third kappa shape index (κ3) is 3.62. The van der Waals surface area contributed by atoms with Crippen molar-refractivity contribution >= 4 is 23.2 Å². The Bertz CT molecular complexity index is 473. The molecule has 5 nitrogen and oxygen atoms in total. The molecule has 0 bridgehead atoms. The quantitative estimate of drug-likeness (QED) is 0.852. The number of anilines is 1. The lowest BCUT2D eigenvalue weighted by molar-refractivity contribution is 0.0595. The number of amides is 1. The van der Waals surface area contributed by atoms with Crippen LogP contribution in [0.25, 0.3) is 0 Å². The summed E-state index contributed by atoms with van der Waals surface area (Å²) in [6, 6.07) is 5.00. The predicted octanol–water partition coefficient (Wildman–Crippen LogP) is 1.33. The summed E-state index contributed by atoms with van der Waals surface area (Å²) in [5.41, 5.74) is 6.83. The molecule has 2 rings (SSSR count). The van der Waals surface area contributed by atoms with Gasteiger partial charge >= 0.3 is 0 Å². The maximum absolute atomic E-state index is 12.4. The van der Waals surface area contributed by atoms with E-state index in [-0.39, 0.29) is 5.91 Å². The first-order valence-electron chi connectivity index (χ1n) is 6.67. The van der Waals surface area contributed by atoms with E-state index in [1.165, 1.54) is 0 Å². The lowest BCUT2D eigenvalue weighted by Crippen LogP contribution is -2.49. The number of rotatable bonds is 4. The molecule has 20 heavy (non-hydrogen) atoms. The SMILES string of the molecule is COCCN1CCN(C(=O)c2ccc(Cl)cc2N)CC1. The molecule has 1 amide bonds. The monoisotopic (exact) mass is 297 g/mol. The molecule has 2 N–H and O–H groups in total. The number of nitrogen functional groups attached to an aromatic ring is 1. The van der Waals surface area contributed by atoms with Gasteiger partial charge in [-0.2, -0.15) is 0 Å². The molecule has 1 aliphatic rings. The van der Waals surface area contributed by atoms with Crippen molar-refractivity contribution in [2.75, 3.05) is 52.2 Å². The van der Waals surface area contributed by atoms with Gasteiger partial charge in [-0.25, -0.2) is 0 Å². The van der Waals surface area contributed by atoms with Crippen LogP contribution in [-0.4, -0.2) is 62.1 Å². The number of benzene rings is 1. The summed E-state index contributed by atoms with van der Waals surface area (Å²) in [5.74, 6) is -0.0226. The van der Waals surface area contributed by atoms with E-state index in [0.29, 0.717) is 29.4 Å². The molecule has 110 valence electrons. The van der Waals surface area contributed by atoms with Crippen LogP contribution in [0.4, 0.5) is 5.69 Å². The number of piperazine rings is 1. The first kappa shape index (κ1) is 15.1. The molecule has 0 aliphatic carbocycles. The number of carbonyl (C=O) groups excluding carboxylic acids is 1. The molecule has 1 aliphatic heterocycles. The standard InChI is InChI=1S/C14H20ClN3O2/c1-20-9-8-17-4-6-18(7-5-17)14(19)12-3-2-11(15)10-13(12)16/h2-3,10H,4-9,16H2,1H3. The molecule has 0 radical (unpaired) electrons. The first-order valence-corrected chi connectivity index (χ1v) is 7.05. The van der Waals surface area contributed by atoms with Crippen LogP contribution in [0.15, 0.2) is 18.2 Å². The third-order valence-electron chi connectivity index (χ3n) is 3.52. The number of ether oxygens (including phenoxy) is 1. The van der Waals surface area contributed by atoms with Crippen LogP contribution in [0.5, 0.6) is 0 Å². The van der Waals surface area contributed by atoms with Crippen LogP contribution in [0.2, 0.25) is 5.02 Å². The van der Waals surface area contributed by atoms with Gasteiger partial charge in [0.1, 0.15) is 0 Å². The van der Waals surface area contributed by atoms with Crippen molar-refractivity contribution in [1.82, 2.24) is 9.80 Å². The van der Waals surface area contributed by atoms with Crippen LogP contribution in [0.1, 0.15) is 10.4 Å². The topological polar surface area (TPSA) is 58.8 Å². The molecule has 6 heteroatoms. The average Bonchev–Trinajstić information content (AvgIpc) is 2.45. The largest absolute Gasteiger partial charge is 0.398 e. The van der Waals surface area contributed by atoms with Crippen molar-refractivity contribution in [3.05, 3.63) is 28.8 Å². The number of nitrogens with zero attached hydrogens (tertiary/aromatic N) is 2. The minimum atomic E-state index is -0.0226. The van der Waals surface area contributed by atoms with E-state index >= 15 is 0 Å². The van der Waals surface area contributed by atoms with Crippen LogP contribution < -0.4 is 5.73 Å². The summed E-state index contributed by atoms with van der Waals surface area (Å²) < 4.78 is 5.06. The van der Waals surface area contributed by atoms with E-state index < -0.39 is 0 Å². The van der Waals surface area contributed by atoms with Crippen molar-refractivity contribution in [3.63, 3.8) is 0 Å². The summed E-state index contributed by atoms with van der Waals surface area (Å²) in [5, 5.41) is 0.545. The van der Waals surface area contributed by atoms with E-state index in [2.05, 4.69) is 4.90 Å². The maximum Gasteiger partial charge on any atom is 0.256 e. The highest BCUT2D eigenvalue weighted by Crippen LogP contribution is 2.20. The number of carbonyl (C=O) groups is 1. The Hall–Kier alpha value is -1.30. The predicted molar refractivity (Wildman–Crippen MR) is 80.1 cm³/mol. The molecule has 0 unspecified atom stereocenters. The van der Waals surface area contributed by atoms with E-state index in [4.69, 9.17) is 22.1 Å². The summed E-state index contributed by atoms with van der Waals surface area (Å²) in [7, 11) is 1.70. The molecule has 0 saturated carbocycles. The molecule has 1 aromatic rings. The average molecular weight is 298 g/mol. The van der Waals surface area contributed by atoms with Crippen LogP contribution in [0.3, 0.4) is 0 Å². The number of nitrogens with two attached hydrogens (primary N) is 1. The number of methoxy groups -OCH3 is 1. The fourth-order valence-electron chi connectivity index (χ4n) is 2.29. The zero-order valence-corrected chi connectivity index (χ0v) is 12.4. The Balaban J connectivity index is 1.94. The van der Waals surface area contributed by atoms with Crippen molar-refractivity contribution < 1.29 is 9.53 Å². The highest BCUT2D eigenvalue weighted by atomic mass is 35.5. The zero-order valence-electron chi connectivity index (χ0n) is 11.6. The number of hydrogen-bond acceptors (Lipinski definition) is 4. The van der Waals surface area contributed by atoms with Crippen molar-refractivity contribution in [1.29, 1.82) is 0 Å². The second-order valence-corrected chi connectivity index (χ2v) is 5.29. The zero-order chi connectivity index (χ0) is 14.5. The molecule has 0 atom stereocenters. The normalized spacial score (nSPS) is 16.4. The van der Waals surface area contributed by atoms with Crippen LogP contribution >= 0.6 is 11.6 Å². The van der Waals surface area contributed by atoms with Gasteiger partial charge in [0.15, 0.2) is 0 Å². The van der Waals surface area contributed by atoms with Gasteiger partial charge in [0.05, 0.1) is 12.2 Å². The highest BCUT2D eigenvalue weighted by Gasteiger charge is 2.23. The Morgan fingerprint density at radius 2 is 2.05 bits per heavy atom. The lowest BCUT2D eigenvalue weighted by atomic mass is 10.1. The van der Waals surface area contributed by atoms with Gasteiger partial charge in [-0.1, -0.05) is 11.6 Å². The second kappa shape index (κ2) is 6.92. The van der Waals surface area contributed by atoms with Crippen LogP contribution in [-0.2, 0) is 4.74 Å².